The predicted octanol–water partition coefficient (Wildman–Crippen LogP) is 4.29. The predicted molar refractivity (Wildman–Crippen MR) is 100 cm³/mol. The van der Waals surface area contributed by atoms with Gasteiger partial charge in [-0.05, 0) is 16.8 Å². The zero-order chi connectivity index (χ0) is 18.3. The van der Waals surface area contributed by atoms with E-state index in [2.05, 4.69) is 9.98 Å². The van der Waals surface area contributed by atoms with Crippen LogP contribution < -0.4 is 4.74 Å². The second kappa shape index (κ2) is 6.35. The minimum Gasteiger partial charge on any atom is -0.481 e. The molecule has 2 heterocycles. The molecule has 26 heavy (non-hydrogen) atoms. The topological polar surface area (TPSA) is 68.6 Å². The molecule has 0 N–H and O–H groups in total. The van der Waals surface area contributed by atoms with Crippen molar-refractivity contribution < 1.29 is 14.3 Å². The molecule has 0 aliphatic carbocycles. The first kappa shape index (κ1) is 16.4. The molecule has 0 radical (unpaired) electrons. The SMILES string of the molecule is COc1cc2c(c(Cl)n1)N=CC(C(=O)c1ccc3ccccc3c1)C2=O. The zero-order valence-corrected chi connectivity index (χ0v) is 14.5. The van der Waals surface area contributed by atoms with E-state index in [0.29, 0.717) is 5.56 Å². The fourth-order valence-corrected chi connectivity index (χ4v) is 3.23. The lowest BCUT2D eigenvalue weighted by Gasteiger charge is -2.18. The third kappa shape index (κ3) is 2.66. The van der Waals surface area contributed by atoms with E-state index in [1.165, 1.54) is 19.4 Å². The molecule has 0 bridgehead atoms. The second-order valence-corrected chi connectivity index (χ2v) is 6.26. The Kier molecular flexibility index (Phi) is 4.01. The van der Waals surface area contributed by atoms with Gasteiger partial charge in [-0.15, -0.1) is 0 Å². The van der Waals surface area contributed by atoms with Gasteiger partial charge in [0, 0.05) is 17.8 Å². The molecule has 1 atom stereocenters. The summed E-state index contributed by atoms with van der Waals surface area (Å²) >= 11 is 6.06. The highest BCUT2D eigenvalue weighted by Crippen LogP contribution is 2.35. The first-order chi connectivity index (χ1) is 12.6. The lowest BCUT2D eigenvalue weighted by Crippen LogP contribution is -2.28. The third-order valence-corrected chi connectivity index (χ3v) is 4.62. The van der Waals surface area contributed by atoms with E-state index >= 15 is 0 Å². The Morgan fingerprint density at radius 2 is 1.88 bits per heavy atom. The van der Waals surface area contributed by atoms with Gasteiger partial charge in [0.15, 0.2) is 16.7 Å². The van der Waals surface area contributed by atoms with Crippen LogP contribution in [0.25, 0.3) is 10.8 Å². The molecular weight excluding hydrogens is 352 g/mol. The summed E-state index contributed by atoms with van der Waals surface area (Å²) in [4.78, 5) is 34.0. The number of rotatable bonds is 3. The van der Waals surface area contributed by atoms with Crippen molar-refractivity contribution in [3.05, 3.63) is 64.8 Å². The van der Waals surface area contributed by atoms with Crippen molar-refractivity contribution in [2.45, 2.75) is 0 Å². The van der Waals surface area contributed by atoms with Crippen molar-refractivity contribution in [2.24, 2.45) is 10.9 Å². The Labute approximate surface area is 154 Å². The quantitative estimate of drug-likeness (QED) is 0.395. The molecule has 6 heteroatoms. The molecule has 3 aromatic rings. The summed E-state index contributed by atoms with van der Waals surface area (Å²) in [6, 6.07) is 14.6. The van der Waals surface area contributed by atoms with Gasteiger partial charge in [0.1, 0.15) is 11.6 Å². The van der Waals surface area contributed by atoms with E-state index in [-0.39, 0.29) is 33.9 Å². The van der Waals surface area contributed by atoms with Gasteiger partial charge in [-0.25, -0.2) is 0 Å². The van der Waals surface area contributed by atoms with E-state index < -0.39 is 5.92 Å². The minimum absolute atomic E-state index is 0.0700. The van der Waals surface area contributed by atoms with Crippen molar-refractivity contribution >= 4 is 45.8 Å². The molecule has 1 aromatic heterocycles. The number of benzene rings is 2. The molecule has 0 amide bonds. The van der Waals surface area contributed by atoms with Crippen LogP contribution in [0.1, 0.15) is 20.7 Å². The Morgan fingerprint density at radius 3 is 2.65 bits per heavy atom. The number of hydrogen-bond donors (Lipinski definition) is 0. The number of halogens is 1. The molecule has 1 unspecified atom stereocenters. The van der Waals surface area contributed by atoms with Crippen LogP contribution in [0.3, 0.4) is 0 Å². The van der Waals surface area contributed by atoms with E-state index in [9.17, 15) is 9.59 Å². The van der Waals surface area contributed by atoms with Crippen LogP contribution >= 0.6 is 11.6 Å². The molecule has 0 saturated carbocycles. The fraction of sp³-hybridized carbons (Fsp3) is 0.100. The van der Waals surface area contributed by atoms with Crippen LogP contribution in [0.5, 0.6) is 5.88 Å². The maximum atomic E-state index is 12.9. The average Bonchev–Trinajstić information content (AvgIpc) is 2.67. The fourth-order valence-electron chi connectivity index (χ4n) is 2.99. The zero-order valence-electron chi connectivity index (χ0n) is 13.8. The van der Waals surface area contributed by atoms with Crippen molar-refractivity contribution in [2.75, 3.05) is 7.11 Å². The van der Waals surface area contributed by atoms with Crippen LogP contribution in [-0.4, -0.2) is 29.9 Å². The number of ether oxygens (including phenoxy) is 1. The molecule has 2 aromatic carbocycles. The van der Waals surface area contributed by atoms with Crippen LogP contribution in [-0.2, 0) is 0 Å². The molecule has 5 nitrogen and oxygen atoms in total. The molecule has 0 spiro atoms. The number of fused-ring (bicyclic) bond motifs is 2. The van der Waals surface area contributed by atoms with Gasteiger partial charge >= 0.3 is 0 Å². The van der Waals surface area contributed by atoms with E-state index in [1.807, 2.05) is 30.3 Å². The van der Waals surface area contributed by atoms with Gasteiger partial charge in [0.25, 0.3) is 0 Å². The van der Waals surface area contributed by atoms with E-state index in [0.717, 1.165) is 10.8 Å². The van der Waals surface area contributed by atoms with Crippen molar-refractivity contribution in [1.82, 2.24) is 4.98 Å². The first-order valence-corrected chi connectivity index (χ1v) is 8.32. The smallest absolute Gasteiger partial charge is 0.215 e. The lowest BCUT2D eigenvalue weighted by molar-refractivity contribution is 0.0854. The average molecular weight is 365 g/mol. The number of aliphatic imine (C=N–C) groups is 1. The summed E-state index contributed by atoms with van der Waals surface area (Å²) in [5.41, 5.74) is 0.965. The van der Waals surface area contributed by atoms with Crippen LogP contribution in [0.4, 0.5) is 5.69 Å². The summed E-state index contributed by atoms with van der Waals surface area (Å²) < 4.78 is 5.05. The normalized spacial score (nSPS) is 15.8. The Balaban J connectivity index is 1.73. The number of carbonyl (C=O) groups is 2. The molecule has 0 fully saturated rings. The van der Waals surface area contributed by atoms with Crippen molar-refractivity contribution in [1.29, 1.82) is 0 Å². The first-order valence-electron chi connectivity index (χ1n) is 7.94. The van der Waals surface area contributed by atoms with E-state index in [1.54, 1.807) is 12.1 Å². The van der Waals surface area contributed by atoms with Crippen molar-refractivity contribution in [3.63, 3.8) is 0 Å². The summed E-state index contributed by atoms with van der Waals surface area (Å²) in [5.74, 6) is -1.46. The molecule has 1 aliphatic rings. The van der Waals surface area contributed by atoms with Gasteiger partial charge in [-0.1, -0.05) is 48.0 Å². The number of pyridine rings is 1. The number of Topliss-reactive ketones (excluding diaryl/α,β-unsaturated/α-hetero) is 2. The minimum atomic E-state index is -0.994. The number of ketones is 2. The number of aromatic nitrogens is 1. The highest BCUT2D eigenvalue weighted by molar-refractivity contribution is 6.35. The number of hydrogen-bond acceptors (Lipinski definition) is 5. The number of methoxy groups -OCH3 is 1. The van der Waals surface area contributed by atoms with Crippen molar-refractivity contribution in [3.8, 4) is 5.88 Å². The molecular formula is C20H13ClN2O3. The third-order valence-electron chi connectivity index (χ3n) is 4.35. The standard InChI is InChI=1S/C20H13ClN2O3/c1-26-16-9-14-17(20(21)23-16)22-10-15(19(14)25)18(24)13-7-6-11-4-2-3-5-12(11)8-13/h2-10,15H,1H3. The van der Waals surface area contributed by atoms with Gasteiger partial charge in [-0.3, -0.25) is 14.6 Å². The molecule has 1 aliphatic heterocycles. The summed E-state index contributed by atoms with van der Waals surface area (Å²) in [6.45, 7) is 0. The molecule has 128 valence electrons. The summed E-state index contributed by atoms with van der Waals surface area (Å²) in [7, 11) is 1.43. The number of nitrogens with zero attached hydrogens (tertiary/aromatic N) is 2. The summed E-state index contributed by atoms with van der Waals surface area (Å²) in [5, 5.41) is 2.04. The van der Waals surface area contributed by atoms with Crippen LogP contribution in [0.2, 0.25) is 5.15 Å². The van der Waals surface area contributed by atoms with Gasteiger partial charge in [-0.2, -0.15) is 4.98 Å². The largest absolute Gasteiger partial charge is 0.481 e. The van der Waals surface area contributed by atoms with Gasteiger partial charge in [0.2, 0.25) is 5.88 Å². The maximum Gasteiger partial charge on any atom is 0.215 e. The van der Waals surface area contributed by atoms with E-state index in [4.69, 9.17) is 16.3 Å². The maximum absolute atomic E-state index is 12.9. The highest BCUT2D eigenvalue weighted by atomic mass is 35.5. The second-order valence-electron chi connectivity index (χ2n) is 5.90. The Bertz CT molecular complexity index is 1090. The lowest BCUT2D eigenvalue weighted by atomic mass is 9.88. The highest BCUT2D eigenvalue weighted by Gasteiger charge is 2.33. The Hall–Kier alpha value is -3.05. The van der Waals surface area contributed by atoms with Crippen LogP contribution in [0, 0.1) is 5.92 Å². The summed E-state index contributed by atoms with van der Waals surface area (Å²) in [6.07, 6.45) is 1.34. The Morgan fingerprint density at radius 1 is 1.12 bits per heavy atom. The van der Waals surface area contributed by atoms with Gasteiger partial charge < -0.3 is 4.74 Å². The molecule has 0 saturated heterocycles. The monoisotopic (exact) mass is 364 g/mol. The number of carbonyl (C=O) groups excluding carboxylic acids is 2. The van der Waals surface area contributed by atoms with Crippen LogP contribution in [0.15, 0.2) is 53.5 Å². The van der Waals surface area contributed by atoms with Gasteiger partial charge in [0.05, 0.1) is 12.7 Å². The molecule has 4 rings (SSSR count).